The molecule has 0 spiro atoms. The molecule has 1 aliphatic rings. The lowest BCUT2D eigenvalue weighted by atomic mass is 10.1. The molecule has 0 bridgehead atoms. The Bertz CT molecular complexity index is 837. The molecule has 122 valence electrons. The summed E-state index contributed by atoms with van der Waals surface area (Å²) in [6, 6.07) is 15.6. The maximum atomic E-state index is 13.1. The van der Waals surface area contributed by atoms with Crippen LogP contribution in [-0.2, 0) is 6.54 Å². The van der Waals surface area contributed by atoms with Crippen LogP contribution in [0.5, 0.6) is 5.75 Å². The van der Waals surface area contributed by atoms with Crippen LogP contribution in [0.25, 0.3) is 0 Å². The number of benzene rings is 1. The van der Waals surface area contributed by atoms with Crippen LogP contribution < -0.4 is 4.74 Å². The van der Waals surface area contributed by atoms with E-state index in [2.05, 4.69) is 34.3 Å². The molecule has 4 nitrogen and oxygen atoms in total. The highest BCUT2D eigenvalue weighted by molar-refractivity contribution is 7.10. The number of hydrogen-bond donors (Lipinski definition) is 0. The van der Waals surface area contributed by atoms with Gasteiger partial charge in [0.05, 0.1) is 7.11 Å². The highest BCUT2D eigenvalue weighted by Gasteiger charge is 2.33. The van der Waals surface area contributed by atoms with Gasteiger partial charge in [-0.3, -0.25) is 4.79 Å². The highest BCUT2D eigenvalue weighted by Crippen LogP contribution is 2.35. The zero-order valence-corrected chi connectivity index (χ0v) is 14.2. The SMILES string of the molecule is COc1ccc(C(=O)N2CCn3cccc3C2c2cccs2)cc1. The van der Waals surface area contributed by atoms with Gasteiger partial charge >= 0.3 is 0 Å². The molecule has 0 saturated carbocycles. The van der Waals surface area contributed by atoms with Crippen LogP contribution in [-0.4, -0.2) is 29.0 Å². The summed E-state index contributed by atoms with van der Waals surface area (Å²) in [5, 5.41) is 2.06. The number of carbonyl (C=O) groups is 1. The van der Waals surface area contributed by atoms with Crippen LogP contribution in [0, 0.1) is 0 Å². The number of hydrogen-bond acceptors (Lipinski definition) is 3. The van der Waals surface area contributed by atoms with Crippen molar-refractivity contribution in [2.75, 3.05) is 13.7 Å². The monoisotopic (exact) mass is 338 g/mol. The molecule has 0 saturated heterocycles. The zero-order valence-electron chi connectivity index (χ0n) is 13.4. The number of rotatable bonds is 3. The van der Waals surface area contributed by atoms with Crippen molar-refractivity contribution in [1.29, 1.82) is 0 Å². The molecule has 1 aromatic carbocycles. The molecule has 24 heavy (non-hydrogen) atoms. The zero-order chi connectivity index (χ0) is 16.5. The number of ether oxygens (including phenoxy) is 1. The Balaban J connectivity index is 1.71. The molecule has 3 heterocycles. The van der Waals surface area contributed by atoms with Crippen molar-refractivity contribution in [3.8, 4) is 5.75 Å². The predicted octanol–water partition coefficient (Wildman–Crippen LogP) is 3.80. The molecule has 0 N–H and O–H groups in total. The molecule has 1 unspecified atom stereocenters. The third-order valence-corrected chi connectivity index (χ3v) is 5.37. The molecule has 1 atom stereocenters. The van der Waals surface area contributed by atoms with E-state index in [4.69, 9.17) is 4.74 Å². The molecule has 3 aromatic rings. The molecular formula is C19H18N2O2S. The Hall–Kier alpha value is -2.53. The normalized spacial score (nSPS) is 16.7. The minimum Gasteiger partial charge on any atom is -0.497 e. The highest BCUT2D eigenvalue weighted by atomic mass is 32.1. The summed E-state index contributed by atoms with van der Waals surface area (Å²) in [6.07, 6.45) is 2.09. The molecule has 5 heteroatoms. The Labute approximate surface area is 144 Å². The van der Waals surface area contributed by atoms with Gasteiger partial charge in [0.1, 0.15) is 11.8 Å². The first-order valence-corrected chi connectivity index (χ1v) is 8.79. The molecule has 4 rings (SSSR count). The van der Waals surface area contributed by atoms with Crippen LogP contribution >= 0.6 is 11.3 Å². The van der Waals surface area contributed by atoms with E-state index in [-0.39, 0.29) is 11.9 Å². The van der Waals surface area contributed by atoms with Gasteiger partial charge in [0.15, 0.2) is 0 Å². The maximum absolute atomic E-state index is 13.1. The summed E-state index contributed by atoms with van der Waals surface area (Å²) in [5.74, 6) is 0.817. The van der Waals surface area contributed by atoms with Crippen molar-refractivity contribution < 1.29 is 9.53 Å². The van der Waals surface area contributed by atoms with E-state index in [9.17, 15) is 4.79 Å². The van der Waals surface area contributed by atoms with E-state index in [0.29, 0.717) is 12.1 Å². The number of aromatic nitrogens is 1. The van der Waals surface area contributed by atoms with Crippen LogP contribution in [0.4, 0.5) is 0 Å². The summed E-state index contributed by atoms with van der Waals surface area (Å²) < 4.78 is 7.42. The average Bonchev–Trinajstić information content (AvgIpc) is 3.31. The Morgan fingerprint density at radius 1 is 1.12 bits per heavy atom. The quantitative estimate of drug-likeness (QED) is 0.728. The number of carbonyl (C=O) groups excluding carboxylic acids is 1. The van der Waals surface area contributed by atoms with Crippen LogP contribution in [0.3, 0.4) is 0 Å². The summed E-state index contributed by atoms with van der Waals surface area (Å²) >= 11 is 1.69. The predicted molar refractivity (Wildman–Crippen MR) is 94.6 cm³/mol. The van der Waals surface area contributed by atoms with Crippen molar-refractivity contribution in [3.05, 3.63) is 76.2 Å². The van der Waals surface area contributed by atoms with Crippen molar-refractivity contribution in [2.45, 2.75) is 12.6 Å². The number of amides is 1. The first-order chi connectivity index (χ1) is 11.8. The van der Waals surface area contributed by atoms with Gasteiger partial charge in [-0.1, -0.05) is 6.07 Å². The van der Waals surface area contributed by atoms with E-state index in [1.165, 1.54) is 10.6 Å². The molecule has 0 fully saturated rings. The summed E-state index contributed by atoms with van der Waals surface area (Å²) in [4.78, 5) is 16.3. The lowest BCUT2D eigenvalue weighted by molar-refractivity contribution is 0.0667. The molecule has 1 aliphatic heterocycles. The molecule has 1 amide bonds. The van der Waals surface area contributed by atoms with Gasteiger partial charge in [-0.25, -0.2) is 0 Å². The second-order valence-corrected chi connectivity index (χ2v) is 6.75. The first kappa shape index (κ1) is 15.0. The van der Waals surface area contributed by atoms with Crippen molar-refractivity contribution >= 4 is 17.2 Å². The Morgan fingerprint density at radius 3 is 2.67 bits per heavy atom. The fourth-order valence-corrected chi connectivity index (χ4v) is 4.10. The maximum Gasteiger partial charge on any atom is 0.254 e. The first-order valence-electron chi connectivity index (χ1n) is 7.91. The van der Waals surface area contributed by atoms with E-state index in [1.807, 2.05) is 35.2 Å². The lowest BCUT2D eigenvalue weighted by Gasteiger charge is -2.36. The van der Waals surface area contributed by atoms with Crippen molar-refractivity contribution in [3.63, 3.8) is 0 Å². The molecule has 0 aliphatic carbocycles. The van der Waals surface area contributed by atoms with Gasteiger partial charge < -0.3 is 14.2 Å². The third-order valence-electron chi connectivity index (χ3n) is 4.45. The van der Waals surface area contributed by atoms with Crippen LogP contribution in [0.15, 0.2) is 60.1 Å². The third kappa shape index (κ3) is 2.51. The van der Waals surface area contributed by atoms with Gasteiger partial charge in [-0.2, -0.15) is 0 Å². The minimum atomic E-state index is -0.0247. The van der Waals surface area contributed by atoms with Crippen LogP contribution in [0.1, 0.15) is 27.0 Å². The minimum absolute atomic E-state index is 0.0247. The lowest BCUT2D eigenvalue weighted by Crippen LogP contribution is -2.42. The molecule has 0 radical (unpaired) electrons. The van der Waals surface area contributed by atoms with Gasteiger partial charge in [0.25, 0.3) is 5.91 Å². The molecule has 2 aromatic heterocycles. The second kappa shape index (κ2) is 6.17. The number of methoxy groups -OCH3 is 1. The fraction of sp³-hybridized carbons (Fsp3) is 0.211. The van der Waals surface area contributed by atoms with Gasteiger partial charge in [-0.05, 0) is 47.8 Å². The number of nitrogens with zero attached hydrogens (tertiary/aromatic N) is 2. The second-order valence-electron chi connectivity index (χ2n) is 5.77. The molecular weight excluding hydrogens is 320 g/mol. The summed E-state index contributed by atoms with van der Waals surface area (Å²) in [7, 11) is 1.63. The van der Waals surface area contributed by atoms with Gasteiger partial charge in [0, 0.05) is 35.4 Å². The van der Waals surface area contributed by atoms with Crippen molar-refractivity contribution in [1.82, 2.24) is 9.47 Å². The Morgan fingerprint density at radius 2 is 1.96 bits per heavy atom. The smallest absolute Gasteiger partial charge is 0.254 e. The van der Waals surface area contributed by atoms with Crippen LogP contribution in [0.2, 0.25) is 0 Å². The van der Waals surface area contributed by atoms with E-state index in [1.54, 1.807) is 18.4 Å². The Kier molecular flexibility index (Phi) is 3.86. The van der Waals surface area contributed by atoms with Gasteiger partial charge in [-0.15, -0.1) is 11.3 Å². The van der Waals surface area contributed by atoms with E-state index < -0.39 is 0 Å². The summed E-state index contributed by atoms with van der Waals surface area (Å²) in [6.45, 7) is 1.53. The van der Waals surface area contributed by atoms with Crippen molar-refractivity contribution in [2.24, 2.45) is 0 Å². The standard InChI is InChI=1S/C19H18N2O2S/c1-23-15-8-6-14(7-9-15)19(22)21-12-11-20-10-2-4-16(20)18(21)17-5-3-13-24-17/h2-10,13,18H,11-12H2,1H3. The summed E-state index contributed by atoms with van der Waals surface area (Å²) in [5.41, 5.74) is 1.86. The largest absolute Gasteiger partial charge is 0.497 e. The topological polar surface area (TPSA) is 34.5 Å². The fourth-order valence-electron chi connectivity index (χ4n) is 3.25. The average molecular weight is 338 g/mol. The number of fused-ring (bicyclic) bond motifs is 1. The van der Waals surface area contributed by atoms with E-state index >= 15 is 0 Å². The van der Waals surface area contributed by atoms with Gasteiger partial charge in [0.2, 0.25) is 0 Å². The number of thiophene rings is 1. The van der Waals surface area contributed by atoms with E-state index in [0.717, 1.165) is 12.3 Å².